The van der Waals surface area contributed by atoms with Gasteiger partial charge in [0.05, 0.1) is 5.69 Å². The summed E-state index contributed by atoms with van der Waals surface area (Å²) < 4.78 is 3.90. The molecule has 0 spiro atoms. The van der Waals surface area contributed by atoms with Crippen LogP contribution in [0.3, 0.4) is 0 Å². The molecule has 0 unspecified atom stereocenters. The number of fused-ring (bicyclic) bond motifs is 7. The van der Waals surface area contributed by atoms with E-state index in [4.69, 9.17) is 5.10 Å². The van der Waals surface area contributed by atoms with Crippen molar-refractivity contribution in [3.05, 3.63) is 51.2 Å². The zero-order valence-corrected chi connectivity index (χ0v) is 17.4. The number of carbonyl (C=O) groups is 1. The summed E-state index contributed by atoms with van der Waals surface area (Å²) in [5, 5.41) is 4.75. The zero-order valence-electron chi connectivity index (χ0n) is 17.4. The highest BCUT2D eigenvalue weighted by Gasteiger charge is 2.63. The second kappa shape index (κ2) is 5.61. The summed E-state index contributed by atoms with van der Waals surface area (Å²) in [5.41, 5.74) is 5.38. The van der Waals surface area contributed by atoms with Gasteiger partial charge in [-0.3, -0.25) is 14.3 Å². The van der Waals surface area contributed by atoms with Crippen LogP contribution in [-0.2, 0) is 24.3 Å². The molecule has 152 valence electrons. The number of likely N-dealkylation sites (tertiary alicyclic amines) is 1. The standard InChI is InChI=1S/C23H28N4O2/c1-13-21-18(8-16-22(21)23(16,2)3)27(24-13)12-20(29)25-9-14-7-15(11-25)17-5-4-6-19(28)26(17)10-14/h4-6,14-16,22H,7-12H2,1-3H3/t14-,15-,16-,22+/m0/s1. The van der Waals surface area contributed by atoms with E-state index in [1.807, 2.05) is 26.3 Å². The smallest absolute Gasteiger partial charge is 0.250 e. The third-order valence-electron chi connectivity index (χ3n) is 8.18. The number of aryl methyl sites for hydroxylation is 1. The molecule has 2 aromatic rings. The predicted octanol–water partition coefficient (Wildman–Crippen LogP) is 2.29. The number of aromatic nitrogens is 3. The lowest BCUT2D eigenvalue weighted by atomic mass is 9.83. The number of nitrogens with zero attached hydrogens (tertiary/aromatic N) is 4. The summed E-state index contributed by atoms with van der Waals surface area (Å²) in [6.45, 7) is 9.32. The van der Waals surface area contributed by atoms with Gasteiger partial charge in [0, 0.05) is 48.6 Å². The quantitative estimate of drug-likeness (QED) is 0.788. The Labute approximate surface area is 170 Å². The molecule has 4 aliphatic rings. The van der Waals surface area contributed by atoms with Gasteiger partial charge < -0.3 is 9.47 Å². The lowest BCUT2D eigenvalue weighted by Crippen LogP contribution is -2.49. The molecule has 4 atom stereocenters. The second-order valence-electron chi connectivity index (χ2n) is 10.2. The molecule has 0 aromatic carbocycles. The van der Waals surface area contributed by atoms with Gasteiger partial charge in [-0.1, -0.05) is 19.9 Å². The van der Waals surface area contributed by atoms with E-state index in [9.17, 15) is 9.59 Å². The van der Waals surface area contributed by atoms with Crippen LogP contribution in [0.4, 0.5) is 0 Å². The Kier molecular flexibility index (Phi) is 3.38. The van der Waals surface area contributed by atoms with Gasteiger partial charge in [0.25, 0.3) is 5.56 Å². The van der Waals surface area contributed by atoms with E-state index in [0.717, 1.165) is 43.2 Å². The minimum Gasteiger partial charge on any atom is -0.340 e. The average Bonchev–Trinajstić information content (AvgIpc) is 3.00. The highest BCUT2D eigenvalue weighted by Crippen LogP contribution is 2.70. The zero-order chi connectivity index (χ0) is 20.1. The van der Waals surface area contributed by atoms with Crippen LogP contribution in [0, 0.1) is 24.2 Å². The molecule has 1 saturated heterocycles. The minimum atomic E-state index is 0.0843. The molecule has 29 heavy (non-hydrogen) atoms. The predicted molar refractivity (Wildman–Crippen MR) is 109 cm³/mol. The van der Waals surface area contributed by atoms with Crippen molar-refractivity contribution in [3.63, 3.8) is 0 Å². The molecule has 2 aliphatic carbocycles. The molecule has 2 aliphatic heterocycles. The van der Waals surface area contributed by atoms with Crippen molar-refractivity contribution in [2.24, 2.45) is 17.3 Å². The maximum Gasteiger partial charge on any atom is 0.250 e. The van der Waals surface area contributed by atoms with Gasteiger partial charge in [-0.25, -0.2) is 0 Å². The molecule has 1 saturated carbocycles. The maximum absolute atomic E-state index is 13.2. The number of rotatable bonds is 2. The van der Waals surface area contributed by atoms with Gasteiger partial charge >= 0.3 is 0 Å². The van der Waals surface area contributed by atoms with Crippen molar-refractivity contribution < 1.29 is 4.79 Å². The fourth-order valence-corrected chi connectivity index (χ4v) is 6.63. The number of carbonyl (C=O) groups excluding carboxylic acids is 1. The highest BCUT2D eigenvalue weighted by molar-refractivity contribution is 5.76. The lowest BCUT2D eigenvalue weighted by molar-refractivity contribution is -0.134. The van der Waals surface area contributed by atoms with Crippen molar-refractivity contribution in [1.82, 2.24) is 19.2 Å². The number of hydrogen-bond acceptors (Lipinski definition) is 3. The fourth-order valence-electron chi connectivity index (χ4n) is 6.63. The largest absolute Gasteiger partial charge is 0.340 e. The van der Waals surface area contributed by atoms with Crippen LogP contribution in [0.5, 0.6) is 0 Å². The summed E-state index contributed by atoms with van der Waals surface area (Å²) in [6.07, 6.45) is 2.13. The van der Waals surface area contributed by atoms with Gasteiger partial charge in [0.2, 0.25) is 5.91 Å². The van der Waals surface area contributed by atoms with E-state index >= 15 is 0 Å². The van der Waals surface area contributed by atoms with E-state index in [-0.39, 0.29) is 17.4 Å². The average molecular weight is 393 g/mol. The summed E-state index contributed by atoms with van der Waals surface area (Å²) in [7, 11) is 0. The van der Waals surface area contributed by atoms with Crippen molar-refractivity contribution in [2.75, 3.05) is 13.1 Å². The van der Waals surface area contributed by atoms with Crippen LogP contribution >= 0.6 is 0 Å². The third kappa shape index (κ3) is 2.37. The normalized spacial score (nSPS) is 30.5. The van der Waals surface area contributed by atoms with Crippen molar-refractivity contribution in [1.29, 1.82) is 0 Å². The molecule has 2 fully saturated rings. The SMILES string of the molecule is Cc1nn(CC(=O)N2C[C@@H]3C[C@@H](C2)c2cccc(=O)n2C3)c2c1[C@H]1[C@H](C2)C1(C)C. The van der Waals surface area contributed by atoms with Crippen molar-refractivity contribution in [3.8, 4) is 0 Å². The van der Waals surface area contributed by atoms with Gasteiger partial charge in [-0.05, 0) is 49.0 Å². The number of pyridine rings is 1. The Morgan fingerprint density at radius 1 is 1.24 bits per heavy atom. The van der Waals surface area contributed by atoms with Gasteiger partial charge in [-0.2, -0.15) is 5.10 Å². The Morgan fingerprint density at radius 2 is 2.07 bits per heavy atom. The first-order valence-corrected chi connectivity index (χ1v) is 10.9. The van der Waals surface area contributed by atoms with Crippen LogP contribution in [0.2, 0.25) is 0 Å². The molecule has 2 aromatic heterocycles. The molecule has 2 bridgehead atoms. The number of piperidine rings is 1. The molecule has 6 rings (SSSR count). The van der Waals surface area contributed by atoms with Gasteiger partial charge in [-0.15, -0.1) is 0 Å². The van der Waals surface area contributed by atoms with Crippen LogP contribution in [0.15, 0.2) is 23.0 Å². The number of hydrogen-bond donors (Lipinski definition) is 0. The van der Waals surface area contributed by atoms with E-state index in [0.29, 0.717) is 30.3 Å². The van der Waals surface area contributed by atoms with Gasteiger partial charge in [0.1, 0.15) is 6.54 Å². The minimum absolute atomic E-state index is 0.0843. The van der Waals surface area contributed by atoms with E-state index in [1.165, 1.54) is 11.3 Å². The Morgan fingerprint density at radius 3 is 2.90 bits per heavy atom. The first-order chi connectivity index (χ1) is 13.8. The van der Waals surface area contributed by atoms with E-state index in [1.54, 1.807) is 6.07 Å². The maximum atomic E-state index is 13.2. The van der Waals surface area contributed by atoms with Crippen molar-refractivity contribution >= 4 is 5.91 Å². The molecule has 6 nitrogen and oxygen atoms in total. The second-order valence-corrected chi connectivity index (χ2v) is 10.2. The molecular weight excluding hydrogens is 364 g/mol. The van der Waals surface area contributed by atoms with Crippen molar-refractivity contribution in [2.45, 2.75) is 58.5 Å². The summed E-state index contributed by atoms with van der Waals surface area (Å²) in [4.78, 5) is 27.4. The molecule has 1 amide bonds. The summed E-state index contributed by atoms with van der Waals surface area (Å²) in [5.74, 6) is 2.14. The topological polar surface area (TPSA) is 60.1 Å². The van der Waals surface area contributed by atoms with Crippen LogP contribution < -0.4 is 5.56 Å². The van der Waals surface area contributed by atoms with E-state index in [2.05, 4.69) is 20.8 Å². The first kappa shape index (κ1) is 17.5. The Balaban J connectivity index is 1.23. The van der Waals surface area contributed by atoms with E-state index < -0.39 is 0 Å². The Bertz CT molecular complexity index is 1090. The molecule has 6 heteroatoms. The van der Waals surface area contributed by atoms with Crippen LogP contribution in [0.1, 0.15) is 54.7 Å². The van der Waals surface area contributed by atoms with Crippen LogP contribution in [-0.4, -0.2) is 38.2 Å². The third-order valence-corrected chi connectivity index (χ3v) is 8.18. The summed E-state index contributed by atoms with van der Waals surface area (Å²) >= 11 is 0. The van der Waals surface area contributed by atoms with Gasteiger partial charge in [0.15, 0.2) is 0 Å². The monoisotopic (exact) mass is 392 g/mol. The molecular formula is C23H28N4O2. The number of amides is 1. The highest BCUT2D eigenvalue weighted by atomic mass is 16.2. The van der Waals surface area contributed by atoms with Crippen LogP contribution in [0.25, 0.3) is 0 Å². The fraction of sp³-hybridized carbons (Fsp3) is 0.609. The summed E-state index contributed by atoms with van der Waals surface area (Å²) in [6, 6.07) is 5.53. The molecule has 0 N–H and O–H groups in total. The lowest BCUT2D eigenvalue weighted by Gasteiger charge is -2.42. The molecule has 0 radical (unpaired) electrons. The first-order valence-electron chi connectivity index (χ1n) is 10.9. The molecule has 4 heterocycles. The Hall–Kier alpha value is -2.37.